The topological polar surface area (TPSA) is 84.2 Å². The summed E-state index contributed by atoms with van der Waals surface area (Å²) in [6, 6.07) is 12.5. The van der Waals surface area contributed by atoms with Gasteiger partial charge in [-0.25, -0.2) is 4.98 Å². The number of hydrogen-bond donors (Lipinski definition) is 1. The number of amides is 1. The minimum atomic E-state index is -0.547. The first kappa shape index (κ1) is 27.5. The van der Waals surface area contributed by atoms with Crippen LogP contribution in [-0.2, 0) is 11.2 Å². The molecule has 0 aliphatic heterocycles. The smallest absolute Gasteiger partial charge is 0.268 e. The molecule has 0 radical (unpaired) electrons. The van der Waals surface area contributed by atoms with Gasteiger partial charge in [0, 0.05) is 27.5 Å². The molecule has 0 atom stereocenters. The molecule has 1 amide bonds. The predicted octanol–water partition coefficient (Wildman–Crippen LogP) is 7.55. The van der Waals surface area contributed by atoms with Crippen molar-refractivity contribution in [2.24, 2.45) is 0 Å². The highest BCUT2D eigenvalue weighted by atomic mass is 35.5. The van der Waals surface area contributed by atoms with Gasteiger partial charge in [0.05, 0.1) is 13.7 Å². The van der Waals surface area contributed by atoms with Crippen LogP contribution < -0.4 is 14.8 Å². The molecule has 36 heavy (non-hydrogen) atoms. The zero-order valence-corrected chi connectivity index (χ0v) is 22.5. The van der Waals surface area contributed by atoms with E-state index in [1.807, 2.05) is 6.07 Å². The highest BCUT2D eigenvalue weighted by molar-refractivity contribution is 7.15. The number of ether oxygens (including phenoxy) is 2. The molecule has 1 aromatic heterocycles. The van der Waals surface area contributed by atoms with Crippen molar-refractivity contribution in [2.45, 2.75) is 39.0 Å². The molecule has 0 saturated carbocycles. The molecule has 0 aliphatic rings. The van der Waals surface area contributed by atoms with Crippen molar-refractivity contribution in [2.75, 3.05) is 19.0 Å². The number of aromatic nitrogens is 1. The quantitative estimate of drug-likeness (QED) is 0.145. The Morgan fingerprint density at radius 1 is 1.17 bits per heavy atom. The Morgan fingerprint density at radius 2 is 2.00 bits per heavy atom. The summed E-state index contributed by atoms with van der Waals surface area (Å²) in [6.45, 7) is 2.77. The number of nitrogens with zero attached hydrogens (tertiary/aromatic N) is 2. The van der Waals surface area contributed by atoms with Crippen LogP contribution in [0, 0.1) is 11.3 Å². The van der Waals surface area contributed by atoms with Crippen molar-refractivity contribution in [3.05, 3.63) is 74.2 Å². The Hall–Kier alpha value is -3.05. The summed E-state index contributed by atoms with van der Waals surface area (Å²) < 4.78 is 11.3. The molecule has 3 rings (SSSR count). The Kier molecular flexibility index (Phi) is 10.6. The first-order valence-electron chi connectivity index (χ1n) is 11.6. The molecule has 0 saturated heterocycles. The Bertz CT molecular complexity index is 1270. The van der Waals surface area contributed by atoms with Crippen LogP contribution in [0.3, 0.4) is 0 Å². The second kappa shape index (κ2) is 13.9. The first-order chi connectivity index (χ1) is 17.4. The zero-order valence-electron chi connectivity index (χ0n) is 20.1. The van der Waals surface area contributed by atoms with Gasteiger partial charge >= 0.3 is 0 Å². The summed E-state index contributed by atoms with van der Waals surface area (Å²) in [6.07, 6.45) is 8.14. The van der Waals surface area contributed by atoms with Crippen molar-refractivity contribution >= 4 is 51.7 Å². The average molecular weight is 545 g/mol. The number of thiazole rings is 1. The number of halogens is 2. The van der Waals surface area contributed by atoms with Gasteiger partial charge in [0.15, 0.2) is 16.6 Å². The first-order valence-corrected chi connectivity index (χ1v) is 13.1. The molecule has 9 heteroatoms. The number of methoxy groups -OCH3 is 1. The number of anilines is 1. The maximum atomic E-state index is 12.7. The van der Waals surface area contributed by atoms with Crippen LogP contribution in [0.2, 0.25) is 10.0 Å². The highest BCUT2D eigenvalue weighted by Gasteiger charge is 2.14. The minimum absolute atomic E-state index is 0.0556. The van der Waals surface area contributed by atoms with E-state index in [0.29, 0.717) is 45.3 Å². The van der Waals surface area contributed by atoms with Crippen LogP contribution in [0.5, 0.6) is 11.5 Å². The van der Waals surface area contributed by atoms with Gasteiger partial charge in [-0.2, -0.15) is 5.26 Å². The number of unbranched alkanes of at least 4 members (excludes halogenated alkanes) is 3. The van der Waals surface area contributed by atoms with Crippen LogP contribution in [0.4, 0.5) is 5.13 Å². The number of benzene rings is 2. The van der Waals surface area contributed by atoms with Crippen molar-refractivity contribution in [1.29, 1.82) is 5.26 Å². The summed E-state index contributed by atoms with van der Waals surface area (Å²) in [7, 11) is 1.56. The van der Waals surface area contributed by atoms with E-state index in [0.717, 1.165) is 23.3 Å². The van der Waals surface area contributed by atoms with Crippen LogP contribution in [0.15, 0.2) is 48.2 Å². The lowest BCUT2D eigenvalue weighted by atomic mass is 10.1. The molecule has 6 nitrogen and oxygen atoms in total. The fourth-order valence-corrected chi connectivity index (χ4v) is 4.61. The van der Waals surface area contributed by atoms with Gasteiger partial charge in [-0.1, -0.05) is 55.5 Å². The van der Waals surface area contributed by atoms with Gasteiger partial charge in [-0.3, -0.25) is 10.1 Å². The number of nitrogens with one attached hydrogen (secondary N) is 1. The maximum Gasteiger partial charge on any atom is 0.268 e. The lowest BCUT2D eigenvalue weighted by molar-refractivity contribution is -0.112. The average Bonchev–Trinajstić information content (AvgIpc) is 3.31. The van der Waals surface area contributed by atoms with Gasteiger partial charge in [-0.05, 0) is 54.0 Å². The predicted molar refractivity (Wildman–Crippen MR) is 146 cm³/mol. The van der Waals surface area contributed by atoms with Crippen LogP contribution in [-0.4, -0.2) is 24.6 Å². The van der Waals surface area contributed by atoms with E-state index < -0.39 is 5.91 Å². The van der Waals surface area contributed by atoms with E-state index in [2.05, 4.69) is 17.2 Å². The largest absolute Gasteiger partial charge is 0.493 e. The molecular weight excluding hydrogens is 517 g/mol. The second-order valence-electron chi connectivity index (χ2n) is 7.99. The van der Waals surface area contributed by atoms with E-state index in [1.54, 1.807) is 49.7 Å². The third kappa shape index (κ3) is 7.99. The van der Waals surface area contributed by atoms with E-state index in [9.17, 15) is 10.1 Å². The molecule has 0 unspecified atom stereocenters. The van der Waals surface area contributed by atoms with Crippen LogP contribution >= 0.6 is 34.5 Å². The molecule has 0 spiro atoms. The zero-order chi connectivity index (χ0) is 25.9. The highest BCUT2D eigenvalue weighted by Crippen LogP contribution is 2.30. The normalized spacial score (nSPS) is 11.1. The summed E-state index contributed by atoms with van der Waals surface area (Å²) in [5, 5.41) is 13.9. The SMILES string of the molecule is CCCCCCOc1ccc(C=C(C#N)C(=O)Nc2ncc(Cc3cc(Cl)ccc3Cl)s2)cc1OC. The van der Waals surface area contributed by atoms with E-state index in [4.69, 9.17) is 32.7 Å². The molecule has 3 aromatic rings. The summed E-state index contributed by atoms with van der Waals surface area (Å²) in [5.41, 5.74) is 1.46. The Balaban J connectivity index is 1.65. The number of nitriles is 1. The fraction of sp³-hybridized carbons (Fsp3) is 0.296. The van der Waals surface area contributed by atoms with Crippen molar-refractivity contribution in [3.63, 3.8) is 0 Å². The molecule has 1 heterocycles. The van der Waals surface area contributed by atoms with Gasteiger partial charge in [-0.15, -0.1) is 11.3 Å². The Labute approximate surface area is 225 Å². The van der Waals surface area contributed by atoms with E-state index in [-0.39, 0.29) is 5.57 Å². The maximum absolute atomic E-state index is 12.7. The van der Waals surface area contributed by atoms with Crippen molar-refractivity contribution in [1.82, 2.24) is 4.98 Å². The van der Waals surface area contributed by atoms with Gasteiger partial charge in [0.1, 0.15) is 11.6 Å². The number of carbonyl (C=O) groups is 1. The molecule has 1 N–H and O–H groups in total. The third-order valence-electron chi connectivity index (χ3n) is 5.27. The third-order valence-corrected chi connectivity index (χ3v) is 6.78. The van der Waals surface area contributed by atoms with Crippen molar-refractivity contribution in [3.8, 4) is 17.6 Å². The van der Waals surface area contributed by atoms with E-state index >= 15 is 0 Å². The standard InChI is InChI=1S/C27H27Cl2N3O3S/c1-3-4-5-6-11-35-24-10-7-18(13-25(24)34-2)12-20(16-30)26(33)32-27-31-17-22(36-27)15-19-14-21(28)8-9-23(19)29/h7-10,12-14,17H,3-6,11,15H2,1-2H3,(H,31,32,33). The van der Waals surface area contributed by atoms with Crippen molar-refractivity contribution < 1.29 is 14.3 Å². The minimum Gasteiger partial charge on any atom is -0.493 e. The molecular formula is C27H27Cl2N3O3S. The molecule has 188 valence electrons. The number of hydrogen-bond acceptors (Lipinski definition) is 6. The fourth-order valence-electron chi connectivity index (χ4n) is 3.40. The number of rotatable bonds is 12. The lowest BCUT2D eigenvalue weighted by Crippen LogP contribution is -2.13. The van der Waals surface area contributed by atoms with Gasteiger partial charge in [0.25, 0.3) is 5.91 Å². The van der Waals surface area contributed by atoms with Gasteiger partial charge < -0.3 is 9.47 Å². The lowest BCUT2D eigenvalue weighted by Gasteiger charge is -2.11. The monoisotopic (exact) mass is 543 g/mol. The number of carbonyl (C=O) groups excluding carboxylic acids is 1. The van der Waals surface area contributed by atoms with Crippen LogP contribution in [0.25, 0.3) is 6.08 Å². The molecule has 2 aromatic carbocycles. The second-order valence-corrected chi connectivity index (χ2v) is 9.95. The Morgan fingerprint density at radius 3 is 2.75 bits per heavy atom. The summed E-state index contributed by atoms with van der Waals surface area (Å²) in [5.74, 6) is 0.625. The molecule has 0 aliphatic carbocycles. The van der Waals surface area contributed by atoms with Crippen LogP contribution in [0.1, 0.15) is 48.6 Å². The summed E-state index contributed by atoms with van der Waals surface area (Å²) >= 11 is 13.6. The molecule has 0 fully saturated rings. The summed E-state index contributed by atoms with van der Waals surface area (Å²) in [4.78, 5) is 17.9. The van der Waals surface area contributed by atoms with Gasteiger partial charge in [0.2, 0.25) is 0 Å². The molecule has 0 bridgehead atoms. The van der Waals surface area contributed by atoms with E-state index in [1.165, 1.54) is 30.3 Å².